The van der Waals surface area contributed by atoms with Gasteiger partial charge < -0.3 is 30.2 Å². The third-order valence-electron chi connectivity index (χ3n) is 8.00. The van der Waals surface area contributed by atoms with Crippen molar-refractivity contribution in [2.24, 2.45) is 11.8 Å². The molecular weight excluding hydrogens is 568 g/mol. The van der Waals surface area contributed by atoms with Crippen molar-refractivity contribution in [3.8, 4) is 5.75 Å². The molecule has 44 heavy (non-hydrogen) atoms. The summed E-state index contributed by atoms with van der Waals surface area (Å²) in [6.45, 7) is 1.24. The van der Waals surface area contributed by atoms with Gasteiger partial charge in [0, 0.05) is 6.42 Å². The van der Waals surface area contributed by atoms with E-state index >= 15 is 0 Å². The SMILES string of the molecule is CC(NC(=O)CCC/C=C\C[C@@H]1[C@@H](CC[C@@H](O)CCc2ccccc2)[C@H](O)C[C@@H]1O)C(=O)Oc1cccc(CO[N+](=O)[O-])c1. The van der Waals surface area contributed by atoms with Crippen LogP contribution in [0.4, 0.5) is 0 Å². The van der Waals surface area contributed by atoms with Gasteiger partial charge in [0.05, 0.1) is 18.3 Å². The summed E-state index contributed by atoms with van der Waals surface area (Å²) in [6, 6.07) is 15.3. The van der Waals surface area contributed by atoms with Crippen LogP contribution in [0.25, 0.3) is 0 Å². The normalized spacial score (nSPS) is 21.1. The summed E-state index contributed by atoms with van der Waals surface area (Å²) in [7, 11) is 0. The Hall–Kier alpha value is -3.80. The van der Waals surface area contributed by atoms with E-state index in [2.05, 4.69) is 10.2 Å². The van der Waals surface area contributed by atoms with Gasteiger partial charge >= 0.3 is 5.97 Å². The Kier molecular flexibility index (Phi) is 14.3. The lowest BCUT2D eigenvalue weighted by molar-refractivity contribution is -0.763. The Bertz CT molecular complexity index is 1220. The number of esters is 1. The maximum Gasteiger partial charge on any atom is 0.333 e. The van der Waals surface area contributed by atoms with E-state index in [9.17, 15) is 35.0 Å². The molecule has 0 saturated heterocycles. The molecular formula is C33H44N2O9. The van der Waals surface area contributed by atoms with Gasteiger partial charge in [-0.15, -0.1) is 10.1 Å². The highest BCUT2D eigenvalue weighted by molar-refractivity contribution is 5.85. The number of nitrogens with one attached hydrogen (secondary N) is 1. The summed E-state index contributed by atoms with van der Waals surface area (Å²) >= 11 is 0. The minimum atomic E-state index is -0.906. The molecule has 0 aromatic heterocycles. The molecule has 2 aromatic rings. The van der Waals surface area contributed by atoms with Gasteiger partial charge in [-0.3, -0.25) is 4.79 Å². The van der Waals surface area contributed by atoms with Gasteiger partial charge in [-0.2, -0.15) is 0 Å². The third kappa shape index (κ3) is 12.1. The number of hydrogen-bond acceptors (Lipinski definition) is 9. The number of benzene rings is 2. The summed E-state index contributed by atoms with van der Waals surface area (Å²) in [5.41, 5.74) is 1.64. The fourth-order valence-corrected chi connectivity index (χ4v) is 5.57. The zero-order valence-corrected chi connectivity index (χ0v) is 25.1. The first-order chi connectivity index (χ1) is 21.1. The van der Waals surface area contributed by atoms with Crippen LogP contribution in [0.15, 0.2) is 66.7 Å². The molecule has 0 aliphatic heterocycles. The van der Waals surface area contributed by atoms with E-state index in [1.54, 1.807) is 12.1 Å². The van der Waals surface area contributed by atoms with E-state index in [-0.39, 0.29) is 36.5 Å². The molecule has 1 amide bonds. The summed E-state index contributed by atoms with van der Waals surface area (Å²) in [6.07, 6.45) is 7.34. The highest BCUT2D eigenvalue weighted by Crippen LogP contribution is 2.38. The van der Waals surface area contributed by atoms with E-state index in [4.69, 9.17) is 4.74 Å². The van der Waals surface area contributed by atoms with Crippen LogP contribution in [-0.2, 0) is 27.5 Å². The quantitative estimate of drug-likeness (QED) is 0.0485. The fraction of sp³-hybridized carbons (Fsp3) is 0.515. The first kappa shape index (κ1) is 34.7. The molecule has 3 rings (SSSR count). The minimum absolute atomic E-state index is 0.0788. The van der Waals surface area contributed by atoms with Gasteiger partial charge in [-0.25, -0.2) is 4.79 Å². The molecule has 11 nitrogen and oxygen atoms in total. The van der Waals surface area contributed by atoms with Crippen LogP contribution >= 0.6 is 0 Å². The Morgan fingerprint density at radius 1 is 1.05 bits per heavy atom. The topological polar surface area (TPSA) is 168 Å². The number of carbonyl (C=O) groups excluding carboxylic acids is 2. The first-order valence-corrected chi connectivity index (χ1v) is 15.2. The maximum atomic E-state index is 12.4. The minimum Gasteiger partial charge on any atom is -0.425 e. The number of nitrogens with zero attached hydrogens (tertiary/aromatic N) is 1. The predicted octanol–water partition coefficient (Wildman–Crippen LogP) is 4.05. The van der Waals surface area contributed by atoms with Crippen molar-refractivity contribution in [3.63, 3.8) is 0 Å². The molecule has 1 saturated carbocycles. The van der Waals surface area contributed by atoms with Gasteiger partial charge in [0.1, 0.15) is 18.4 Å². The zero-order chi connectivity index (χ0) is 31.9. The first-order valence-electron chi connectivity index (χ1n) is 15.2. The van der Waals surface area contributed by atoms with Crippen LogP contribution in [0.1, 0.15) is 69.4 Å². The summed E-state index contributed by atoms with van der Waals surface area (Å²) < 4.78 is 5.27. The molecule has 2 aromatic carbocycles. The number of aliphatic hydroxyl groups excluding tert-OH is 3. The predicted molar refractivity (Wildman–Crippen MR) is 163 cm³/mol. The number of unbranched alkanes of at least 4 members (excludes halogenated alkanes) is 1. The Balaban J connectivity index is 1.33. The summed E-state index contributed by atoms with van der Waals surface area (Å²) in [5, 5.41) is 43.6. The lowest BCUT2D eigenvalue weighted by Gasteiger charge is -2.23. The average molecular weight is 613 g/mol. The fourth-order valence-electron chi connectivity index (χ4n) is 5.57. The average Bonchev–Trinajstić information content (AvgIpc) is 3.27. The van der Waals surface area contributed by atoms with Gasteiger partial charge in [0.2, 0.25) is 5.91 Å². The highest BCUT2D eigenvalue weighted by atomic mass is 16.9. The molecule has 1 unspecified atom stereocenters. The molecule has 0 radical (unpaired) electrons. The Morgan fingerprint density at radius 2 is 1.77 bits per heavy atom. The standard InChI is InChI=1S/C33H44N2O9/c1-23(33(40)44-27-13-9-12-25(20-27)22-43-35(41)42)34-32(39)15-8-3-2-7-14-28-29(31(38)21-30(28)37)19-18-26(36)17-16-24-10-5-4-6-11-24/h2,4-7,9-13,20,23,26,28-31,36-38H,3,8,14-19,21-22H2,1H3,(H,34,39)/b7-2-/t23?,26-,28+,29+,30-,31+/m0/s1. The number of allylic oxidation sites excluding steroid dienone is 2. The number of amides is 1. The van der Waals surface area contributed by atoms with Crippen molar-refractivity contribution in [2.45, 2.75) is 95.7 Å². The van der Waals surface area contributed by atoms with Crippen LogP contribution in [0.2, 0.25) is 0 Å². The van der Waals surface area contributed by atoms with Crippen LogP contribution in [0.3, 0.4) is 0 Å². The summed E-state index contributed by atoms with van der Waals surface area (Å²) in [4.78, 5) is 39.4. The van der Waals surface area contributed by atoms with E-state index in [1.807, 2.05) is 42.5 Å². The summed E-state index contributed by atoms with van der Waals surface area (Å²) in [5.74, 6) is -0.937. The number of carbonyl (C=O) groups is 2. The third-order valence-corrected chi connectivity index (χ3v) is 8.00. The molecule has 4 N–H and O–H groups in total. The number of hydrogen-bond donors (Lipinski definition) is 4. The van der Waals surface area contributed by atoms with E-state index in [1.165, 1.54) is 24.6 Å². The maximum absolute atomic E-state index is 12.4. The lowest BCUT2D eigenvalue weighted by atomic mass is 9.85. The van der Waals surface area contributed by atoms with Gasteiger partial charge in [-0.05, 0) is 93.4 Å². The second-order valence-electron chi connectivity index (χ2n) is 11.4. The molecule has 1 aliphatic rings. The van der Waals surface area contributed by atoms with E-state index < -0.39 is 35.4 Å². The van der Waals surface area contributed by atoms with Crippen molar-refractivity contribution in [1.82, 2.24) is 5.32 Å². The van der Waals surface area contributed by atoms with E-state index in [0.29, 0.717) is 50.5 Å². The number of aryl methyl sites for hydroxylation is 1. The molecule has 1 fully saturated rings. The molecule has 0 heterocycles. The van der Waals surface area contributed by atoms with Gasteiger partial charge in [-0.1, -0.05) is 54.6 Å². The van der Waals surface area contributed by atoms with E-state index in [0.717, 1.165) is 6.42 Å². The van der Waals surface area contributed by atoms with Crippen molar-refractivity contribution >= 4 is 11.9 Å². The smallest absolute Gasteiger partial charge is 0.333 e. The number of ether oxygens (including phenoxy) is 1. The monoisotopic (exact) mass is 612 g/mol. The van der Waals surface area contributed by atoms with Crippen LogP contribution < -0.4 is 10.1 Å². The number of aliphatic hydroxyl groups is 3. The van der Waals surface area contributed by atoms with Gasteiger partial charge in [0.15, 0.2) is 0 Å². The van der Waals surface area contributed by atoms with Gasteiger partial charge in [0.25, 0.3) is 5.09 Å². The van der Waals surface area contributed by atoms with Crippen molar-refractivity contribution in [1.29, 1.82) is 0 Å². The Morgan fingerprint density at radius 3 is 2.52 bits per heavy atom. The molecule has 0 spiro atoms. The molecule has 0 bridgehead atoms. The van der Waals surface area contributed by atoms with Crippen molar-refractivity contribution < 1.29 is 39.6 Å². The Labute approximate surface area is 258 Å². The van der Waals surface area contributed by atoms with Crippen LogP contribution in [0.5, 0.6) is 5.75 Å². The second-order valence-corrected chi connectivity index (χ2v) is 11.4. The lowest BCUT2D eigenvalue weighted by Crippen LogP contribution is -2.40. The van der Waals surface area contributed by atoms with Crippen molar-refractivity contribution in [2.75, 3.05) is 0 Å². The van der Waals surface area contributed by atoms with Crippen LogP contribution in [-0.4, -0.2) is 56.6 Å². The van der Waals surface area contributed by atoms with Crippen molar-refractivity contribution in [3.05, 3.63) is 88.0 Å². The largest absolute Gasteiger partial charge is 0.425 e. The number of rotatable bonds is 18. The molecule has 240 valence electrons. The highest BCUT2D eigenvalue weighted by Gasteiger charge is 2.40. The van der Waals surface area contributed by atoms with Crippen LogP contribution in [0, 0.1) is 22.0 Å². The molecule has 1 aliphatic carbocycles. The second kappa shape index (κ2) is 18.1. The molecule has 6 atom stereocenters. The molecule has 11 heteroatoms. The zero-order valence-electron chi connectivity index (χ0n) is 25.1.